The van der Waals surface area contributed by atoms with Crippen LogP contribution in [0.2, 0.25) is 0 Å². The number of amides is 1. The SMILES string of the molecule is CC(=O)n1c(C2=c3ccccc3=NC2=O)c(O)c2ccccc21. The highest BCUT2D eigenvalue weighted by Crippen LogP contribution is 2.36. The van der Waals surface area contributed by atoms with Gasteiger partial charge in [-0.2, -0.15) is 0 Å². The molecule has 1 amide bonds. The zero-order chi connectivity index (χ0) is 16.1. The van der Waals surface area contributed by atoms with Crippen molar-refractivity contribution in [2.24, 2.45) is 4.99 Å². The van der Waals surface area contributed by atoms with Crippen molar-refractivity contribution in [3.8, 4) is 5.75 Å². The maximum Gasteiger partial charge on any atom is 0.280 e. The van der Waals surface area contributed by atoms with E-state index in [1.807, 2.05) is 0 Å². The summed E-state index contributed by atoms with van der Waals surface area (Å²) in [7, 11) is 0. The second-order valence-corrected chi connectivity index (χ2v) is 5.38. The molecule has 0 saturated heterocycles. The predicted molar refractivity (Wildman–Crippen MR) is 84.6 cm³/mol. The molecule has 1 aliphatic rings. The smallest absolute Gasteiger partial charge is 0.280 e. The topological polar surface area (TPSA) is 71.7 Å². The maximum absolute atomic E-state index is 12.4. The molecule has 0 aliphatic carbocycles. The Hall–Kier alpha value is -3.21. The van der Waals surface area contributed by atoms with Gasteiger partial charge < -0.3 is 5.11 Å². The molecule has 1 aliphatic heterocycles. The van der Waals surface area contributed by atoms with Gasteiger partial charge in [0.15, 0.2) is 0 Å². The van der Waals surface area contributed by atoms with Gasteiger partial charge >= 0.3 is 0 Å². The monoisotopic (exact) mass is 304 g/mol. The van der Waals surface area contributed by atoms with E-state index in [2.05, 4.69) is 4.99 Å². The molecule has 0 unspecified atom stereocenters. The van der Waals surface area contributed by atoms with Crippen molar-refractivity contribution in [2.45, 2.75) is 6.92 Å². The third-order valence-electron chi connectivity index (χ3n) is 4.01. The predicted octanol–water partition coefficient (Wildman–Crippen LogP) is 1.37. The lowest BCUT2D eigenvalue weighted by molar-refractivity contribution is -0.112. The van der Waals surface area contributed by atoms with E-state index in [1.165, 1.54) is 11.5 Å². The minimum absolute atomic E-state index is 0.0777. The molecule has 2 heterocycles. The highest BCUT2D eigenvalue weighted by Gasteiger charge is 2.28. The van der Waals surface area contributed by atoms with Crippen molar-refractivity contribution in [3.63, 3.8) is 0 Å². The fraction of sp³-hybridized carbons (Fsp3) is 0.0556. The summed E-state index contributed by atoms with van der Waals surface area (Å²) in [4.78, 5) is 28.6. The first-order chi connectivity index (χ1) is 11.1. The zero-order valence-corrected chi connectivity index (χ0v) is 12.3. The number of carbonyl (C=O) groups excluding carboxylic acids is 2. The molecule has 0 fully saturated rings. The van der Waals surface area contributed by atoms with E-state index in [0.29, 0.717) is 21.5 Å². The number of benzene rings is 2. The first kappa shape index (κ1) is 13.5. The molecule has 1 N–H and O–H groups in total. The largest absolute Gasteiger partial charge is 0.505 e. The summed E-state index contributed by atoms with van der Waals surface area (Å²) in [5.74, 6) is -0.806. The van der Waals surface area contributed by atoms with Crippen LogP contribution >= 0.6 is 0 Å². The Morgan fingerprint density at radius 2 is 1.78 bits per heavy atom. The molecule has 0 atom stereocenters. The molecule has 1 aromatic heterocycles. The van der Waals surface area contributed by atoms with Crippen LogP contribution in [0.15, 0.2) is 53.5 Å². The van der Waals surface area contributed by atoms with Gasteiger partial charge in [0.25, 0.3) is 5.91 Å². The van der Waals surface area contributed by atoms with E-state index in [-0.39, 0.29) is 22.9 Å². The fourth-order valence-electron chi connectivity index (χ4n) is 3.07. The summed E-state index contributed by atoms with van der Waals surface area (Å²) in [6.45, 7) is 1.40. The maximum atomic E-state index is 12.4. The van der Waals surface area contributed by atoms with Gasteiger partial charge in [-0.1, -0.05) is 30.3 Å². The lowest BCUT2D eigenvalue weighted by Crippen LogP contribution is -2.24. The van der Waals surface area contributed by atoms with Crippen LogP contribution in [-0.2, 0) is 4.79 Å². The van der Waals surface area contributed by atoms with Crippen molar-refractivity contribution in [1.82, 2.24) is 4.57 Å². The van der Waals surface area contributed by atoms with Gasteiger partial charge in [-0.05, 0) is 18.2 Å². The van der Waals surface area contributed by atoms with Gasteiger partial charge in [0, 0.05) is 17.5 Å². The molecule has 0 spiro atoms. The lowest BCUT2D eigenvalue weighted by Gasteiger charge is -2.06. The molecule has 0 bridgehead atoms. The average Bonchev–Trinajstić information content (AvgIpc) is 3.01. The van der Waals surface area contributed by atoms with E-state index in [9.17, 15) is 14.7 Å². The number of nitrogens with zero attached hydrogens (tertiary/aromatic N) is 2. The second-order valence-electron chi connectivity index (χ2n) is 5.38. The highest BCUT2D eigenvalue weighted by atomic mass is 16.3. The van der Waals surface area contributed by atoms with E-state index in [4.69, 9.17) is 0 Å². The third-order valence-corrected chi connectivity index (χ3v) is 4.01. The summed E-state index contributed by atoms with van der Waals surface area (Å²) in [6.07, 6.45) is 0. The number of aromatic nitrogens is 1. The van der Waals surface area contributed by atoms with Crippen LogP contribution in [0.25, 0.3) is 16.5 Å². The fourth-order valence-corrected chi connectivity index (χ4v) is 3.07. The number of aromatic hydroxyl groups is 1. The molecule has 0 saturated carbocycles. The number of hydrogen-bond donors (Lipinski definition) is 1. The summed E-state index contributed by atoms with van der Waals surface area (Å²) in [6, 6.07) is 14.1. The Labute approximate surface area is 130 Å². The summed E-state index contributed by atoms with van der Waals surface area (Å²) < 4.78 is 1.37. The van der Waals surface area contributed by atoms with Gasteiger partial charge in [0.05, 0.1) is 16.4 Å². The van der Waals surface area contributed by atoms with E-state index < -0.39 is 5.91 Å². The minimum atomic E-state index is -0.452. The highest BCUT2D eigenvalue weighted by molar-refractivity contribution is 6.23. The van der Waals surface area contributed by atoms with Gasteiger partial charge in [-0.15, -0.1) is 0 Å². The molecule has 3 aromatic rings. The zero-order valence-electron chi connectivity index (χ0n) is 12.3. The Morgan fingerprint density at radius 3 is 2.57 bits per heavy atom. The van der Waals surface area contributed by atoms with Crippen LogP contribution in [0.4, 0.5) is 0 Å². The second kappa shape index (κ2) is 4.64. The Kier molecular flexibility index (Phi) is 2.72. The number of rotatable bonds is 1. The summed E-state index contributed by atoms with van der Waals surface area (Å²) >= 11 is 0. The first-order valence-electron chi connectivity index (χ1n) is 7.15. The van der Waals surface area contributed by atoms with Gasteiger partial charge in [-0.25, -0.2) is 4.99 Å². The molecule has 23 heavy (non-hydrogen) atoms. The molecular weight excluding hydrogens is 292 g/mol. The first-order valence-corrected chi connectivity index (χ1v) is 7.15. The van der Waals surface area contributed by atoms with Crippen molar-refractivity contribution >= 4 is 28.3 Å². The quantitative estimate of drug-likeness (QED) is 0.738. The number of hydrogen-bond acceptors (Lipinski definition) is 3. The molecular formula is C18H12N2O3. The van der Waals surface area contributed by atoms with E-state index in [0.717, 1.165) is 0 Å². The summed E-state index contributed by atoms with van der Waals surface area (Å²) in [5.41, 5.74) is 1.03. The lowest BCUT2D eigenvalue weighted by atomic mass is 10.1. The van der Waals surface area contributed by atoms with Crippen molar-refractivity contribution in [2.75, 3.05) is 0 Å². The Morgan fingerprint density at radius 1 is 1.09 bits per heavy atom. The van der Waals surface area contributed by atoms with Crippen LogP contribution in [0.3, 0.4) is 0 Å². The van der Waals surface area contributed by atoms with Gasteiger partial charge in [0.1, 0.15) is 11.4 Å². The number of para-hydroxylation sites is 2. The Balaban J connectivity index is 2.23. The molecule has 2 aromatic carbocycles. The Bertz CT molecular complexity index is 1120. The van der Waals surface area contributed by atoms with Crippen LogP contribution in [0.5, 0.6) is 5.75 Å². The third kappa shape index (κ3) is 1.76. The van der Waals surface area contributed by atoms with Crippen LogP contribution in [-0.4, -0.2) is 21.5 Å². The van der Waals surface area contributed by atoms with E-state index in [1.54, 1.807) is 48.5 Å². The van der Waals surface area contributed by atoms with Crippen LogP contribution in [0, 0.1) is 0 Å². The molecule has 4 rings (SSSR count). The molecule has 5 nitrogen and oxygen atoms in total. The number of carbonyl (C=O) groups is 2. The number of fused-ring (bicyclic) bond motifs is 2. The summed E-state index contributed by atoms with van der Waals surface area (Å²) in [5, 5.41) is 12.3. The van der Waals surface area contributed by atoms with Gasteiger partial charge in [-0.3, -0.25) is 14.2 Å². The van der Waals surface area contributed by atoms with E-state index >= 15 is 0 Å². The standard InChI is InChI=1S/C18H12N2O3/c1-10(21)20-14-9-5-3-7-12(14)17(22)16(20)15-11-6-2-4-8-13(11)19-18(15)23/h2-9,22H,1H3. The van der Waals surface area contributed by atoms with Crippen LogP contribution in [0.1, 0.15) is 17.4 Å². The van der Waals surface area contributed by atoms with Crippen molar-refractivity contribution < 1.29 is 14.7 Å². The van der Waals surface area contributed by atoms with Crippen LogP contribution < -0.4 is 10.6 Å². The molecule has 0 radical (unpaired) electrons. The molecule has 5 heteroatoms. The van der Waals surface area contributed by atoms with Crippen molar-refractivity contribution in [3.05, 3.63) is 64.8 Å². The normalized spacial score (nSPS) is 13.3. The van der Waals surface area contributed by atoms with Crippen molar-refractivity contribution in [1.29, 1.82) is 0 Å². The average molecular weight is 304 g/mol. The van der Waals surface area contributed by atoms with Gasteiger partial charge in [0.2, 0.25) is 5.91 Å². The molecule has 112 valence electrons. The minimum Gasteiger partial charge on any atom is -0.505 e.